The largest absolute Gasteiger partial charge is 0.204 e. The minimum absolute atomic E-state index is 0.236. The zero-order chi connectivity index (χ0) is 9.30. The van der Waals surface area contributed by atoms with Crippen molar-refractivity contribution in [2.24, 2.45) is 0 Å². The second-order valence-corrected chi connectivity index (χ2v) is 3.28. The highest BCUT2D eigenvalue weighted by Gasteiger charge is 2.08. The molecule has 66 valence electrons. The fraction of sp³-hybridized carbons (Fsp3) is 0.400. The topological polar surface area (TPSA) is 0 Å². The first kappa shape index (κ1) is 9.17. The van der Waals surface area contributed by atoms with Gasteiger partial charge < -0.3 is 0 Å². The van der Waals surface area contributed by atoms with Crippen LogP contribution in [0, 0.1) is 18.6 Å². The molecule has 0 heterocycles. The molecule has 0 nitrogen and oxygen atoms in total. The van der Waals surface area contributed by atoms with Crippen molar-refractivity contribution in [1.82, 2.24) is 0 Å². The summed E-state index contributed by atoms with van der Waals surface area (Å²) in [5.74, 6) is -1.29. The fourth-order valence-corrected chi connectivity index (χ4v) is 1.28. The van der Waals surface area contributed by atoms with Gasteiger partial charge in [-0.25, -0.2) is 8.78 Å². The van der Waals surface area contributed by atoms with Crippen molar-refractivity contribution < 1.29 is 8.78 Å². The molecule has 0 aliphatic carbocycles. The van der Waals surface area contributed by atoms with Crippen LogP contribution in [0.4, 0.5) is 8.78 Å². The number of halogens is 2. The molecule has 1 aromatic rings. The first-order chi connectivity index (χ1) is 5.52. The molecular formula is C10H12F2. The van der Waals surface area contributed by atoms with Gasteiger partial charge >= 0.3 is 0 Å². The van der Waals surface area contributed by atoms with E-state index in [1.54, 1.807) is 6.92 Å². The third-order valence-corrected chi connectivity index (χ3v) is 1.93. The van der Waals surface area contributed by atoms with E-state index >= 15 is 0 Å². The maximum atomic E-state index is 12.7. The van der Waals surface area contributed by atoms with Gasteiger partial charge in [-0.2, -0.15) is 0 Å². The molecule has 0 aliphatic rings. The fourth-order valence-electron chi connectivity index (χ4n) is 1.28. The van der Waals surface area contributed by atoms with Crippen LogP contribution < -0.4 is 0 Å². The van der Waals surface area contributed by atoms with Crippen LogP contribution in [0.2, 0.25) is 0 Å². The van der Waals surface area contributed by atoms with Crippen molar-refractivity contribution in [2.45, 2.75) is 26.7 Å². The molecule has 1 aromatic carbocycles. The zero-order valence-electron chi connectivity index (χ0n) is 7.49. The van der Waals surface area contributed by atoms with Crippen LogP contribution in [0.1, 0.15) is 30.9 Å². The lowest BCUT2D eigenvalue weighted by Gasteiger charge is -2.09. The Morgan fingerprint density at radius 2 is 1.58 bits per heavy atom. The third kappa shape index (κ3) is 1.63. The van der Waals surface area contributed by atoms with Gasteiger partial charge in [-0.05, 0) is 36.1 Å². The second-order valence-electron chi connectivity index (χ2n) is 3.28. The van der Waals surface area contributed by atoms with E-state index in [0.717, 1.165) is 11.1 Å². The normalized spacial score (nSPS) is 10.8. The van der Waals surface area contributed by atoms with Crippen LogP contribution >= 0.6 is 0 Å². The summed E-state index contributed by atoms with van der Waals surface area (Å²) in [7, 11) is 0. The molecule has 0 saturated carbocycles. The third-order valence-electron chi connectivity index (χ3n) is 1.93. The molecule has 0 aromatic heterocycles. The summed E-state index contributed by atoms with van der Waals surface area (Å²) < 4.78 is 25.4. The Bertz CT molecular complexity index is 290. The Labute approximate surface area is 71.2 Å². The molecule has 0 spiro atoms. The Balaban J connectivity index is 3.23. The van der Waals surface area contributed by atoms with Crippen LogP contribution in [0.5, 0.6) is 0 Å². The quantitative estimate of drug-likeness (QED) is 0.606. The average Bonchev–Trinajstić information content (AvgIpc) is 1.96. The molecule has 0 atom stereocenters. The van der Waals surface area contributed by atoms with Crippen molar-refractivity contribution in [3.8, 4) is 0 Å². The Morgan fingerprint density at radius 1 is 1.08 bits per heavy atom. The SMILES string of the molecule is Cc1cc(F)c(F)cc1C(C)C. The lowest BCUT2D eigenvalue weighted by Crippen LogP contribution is -1.95. The lowest BCUT2D eigenvalue weighted by molar-refractivity contribution is 0.505. The van der Waals surface area contributed by atoms with Gasteiger partial charge in [0.1, 0.15) is 0 Å². The van der Waals surface area contributed by atoms with Crippen LogP contribution in [0.25, 0.3) is 0 Å². The molecule has 0 amide bonds. The van der Waals surface area contributed by atoms with Gasteiger partial charge in [-0.15, -0.1) is 0 Å². The van der Waals surface area contributed by atoms with Crippen molar-refractivity contribution >= 4 is 0 Å². The summed E-state index contributed by atoms with van der Waals surface area (Å²) in [5.41, 5.74) is 1.68. The van der Waals surface area contributed by atoms with Crippen LogP contribution in [-0.2, 0) is 0 Å². The number of hydrogen-bond donors (Lipinski definition) is 0. The van der Waals surface area contributed by atoms with E-state index in [2.05, 4.69) is 0 Å². The maximum absolute atomic E-state index is 12.7. The molecule has 0 N–H and O–H groups in total. The molecule has 0 unspecified atom stereocenters. The minimum atomic E-state index is -0.767. The number of rotatable bonds is 1. The number of hydrogen-bond acceptors (Lipinski definition) is 0. The highest BCUT2D eigenvalue weighted by Crippen LogP contribution is 2.21. The summed E-state index contributed by atoms with van der Waals surface area (Å²) in [4.78, 5) is 0. The first-order valence-electron chi connectivity index (χ1n) is 3.98. The van der Waals surface area contributed by atoms with Gasteiger partial charge in [-0.1, -0.05) is 13.8 Å². The molecule has 0 fully saturated rings. The minimum Gasteiger partial charge on any atom is -0.204 e. The molecule has 0 bridgehead atoms. The van der Waals surface area contributed by atoms with Gasteiger partial charge in [0.05, 0.1) is 0 Å². The molecule has 12 heavy (non-hydrogen) atoms. The first-order valence-corrected chi connectivity index (χ1v) is 3.98. The molecule has 0 saturated heterocycles. The van der Waals surface area contributed by atoms with Gasteiger partial charge in [-0.3, -0.25) is 0 Å². The Kier molecular flexibility index (Phi) is 2.46. The van der Waals surface area contributed by atoms with Crippen LogP contribution in [0.15, 0.2) is 12.1 Å². The van der Waals surface area contributed by atoms with Gasteiger partial charge in [0.15, 0.2) is 11.6 Å². The van der Waals surface area contributed by atoms with Gasteiger partial charge in [0.25, 0.3) is 0 Å². The summed E-state index contributed by atoms with van der Waals surface area (Å²) in [5, 5.41) is 0. The standard InChI is InChI=1S/C10H12F2/c1-6(2)8-5-10(12)9(11)4-7(8)3/h4-6H,1-3H3. The zero-order valence-corrected chi connectivity index (χ0v) is 7.49. The van der Waals surface area contributed by atoms with Crippen LogP contribution in [0.3, 0.4) is 0 Å². The van der Waals surface area contributed by atoms with E-state index in [1.807, 2.05) is 13.8 Å². The van der Waals surface area contributed by atoms with E-state index < -0.39 is 11.6 Å². The predicted octanol–water partition coefficient (Wildman–Crippen LogP) is 3.40. The predicted molar refractivity (Wildman–Crippen MR) is 45.2 cm³/mol. The summed E-state index contributed by atoms with van der Waals surface area (Å²) in [6.45, 7) is 5.71. The highest BCUT2D eigenvalue weighted by atomic mass is 19.2. The summed E-state index contributed by atoms with van der Waals surface area (Å²) in [6, 6.07) is 2.51. The van der Waals surface area contributed by atoms with E-state index in [9.17, 15) is 8.78 Å². The lowest BCUT2D eigenvalue weighted by atomic mass is 9.98. The summed E-state index contributed by atoms with van der Waals surface area (Å²) >= 11 is 0. The van der Waals surface area contributed by atoms with E-state index in [1.165, 1.54) is 12.1 Å². The van der Waals surface area contributed by atoms with Crippen molar-refractivity contribution in [2.75, 3.05) is 0 Å². The molecule has 0 aliphatic heterocycles. The van der Waals surface area contributed by atoms with E-state index in [4.69, 9.17) is 0 Å². The number of benzene rings is 1. The monoisotopic (exact) mass is 170 g/mol. The smallest absolute Gasteiger partial charge is 0.159 e. The number of aryl methyl sites for hydroxylation is 1. The molecule has 2 heteroatoms. The van der Waals surface area contributed by atoms with Crippen LogP contribution in [-0.4, -0.2) is 0 Å². The van der Waals surface area contributed by atoms with Gasteiger partial charge in [0, 0.05) is 0 Å². The second kappa shape index (κ2) is 3.21. The van der Waals surface area contributed by atoms with E-state index in [0.29, 0.717) is 0 Å². The van der Waals surface area contributed by atoms with Gasteiger partial charge in [0.2, 0.25) is 0 Å². The van der Waals surface area contributed by atoms with Crippen molar-refractivity contribution in [1.29, 1.82) is 0 Å². The summed E-state index contributed by atoms with van der Waals surface area (Å²) in [6.07, 6.45) is 0. The Hall–Kier alpha value is -0.920. The van der Waals surface area contributed by atoms with E-state index in [-0.39, 0.29) is 5.92 Å². The Morgan fingerprint density at radius 3 is 2.08 bits per heavy atom. The molecule has 0 radical (unpaired) electrons. The van der Waals surface area contributed by atoms with Crippen molar-refractivity contribution in [3.05, 3.63) is 34.9 Å². The highest BCUT2D eigenvalue weighted by molar-refractivity contribution is 5.29. The maximum Gasteiger partial charge on any atom is 0.159 e. The van der Waals surface area contributed by atoms with Crippen molar-refractivity contribution in [3.63, 3.8) is 0 Å². The average molecular weight is 170 g/mol. The molecular weight excluding hydrogens is 158 g/mol. The molecule has 1 rings (SSSR count).